The lowest BCUT2D eigenvalue weighted by Gasteiger charge is -2.07. The molecule has 5 nitrogen and oxygen atoms in total. The molecule has 0 aliphatic rings. The van der Waals surface area contributed by atoms with Gasteiger partial charge in [0.15, 0.2) is 0 Å². The zero-order chi connectivity index (χ0) is 15.8. The van der Waals surface area contributed by atoms with Crippen molar-refractivity contribution in [2.45, 2.75) is 25.9 Å². The number of thioether (sulfide) groups is 1. The Hall–Kier alpha value is -1.60. The Morgan fingerprint density at radius 3 is 2.81 bits per heavy atom. The molecule has 0 fully saturated rings. The van der Waals surface area contributed by atoms with Crippen molar-refractivity contribution in [3.8, 4) is 0 Å². The van der Waals surface area contributed by atoms with Gasteiger partial charge in [0.1, 0.15) is 11.9 Å². The molecule has 1 amide bonds. The molecule has 1 aromatic carbocycles. The van der Waals surface area contributed by atoms with E-state index in [1.54, 1.807) is 19.1 Å². The number of nitrogens with one attached hydrogen (secondary N) is 1. The van der Waals surface area contributed by atoms with Gasteiger partial charge in [0, 0.05) is 6.54 Å². The van der Waals surface area contributed by atoms with Crippen LogP contribution in [0.5, 0.6) is 0 Å². The number of carboxylic acids is 1. The van der Waals surface area contributed by atoms with Crippen LogP contribution in [0.25, 0.3) is 0 Å². The van der Waals surface area contributed by atoms with Crippen molar-refractivity contribution in [1.82, 2.24) is 5.32 Å². The van der Waals surface area contributed by atoms with Crippen LogP contribution in [-0.2, 0) is 16.1 Å². The molecule has 1 unspecified atom stereocenters. The van der Waals surface area contributed by atoms with E-state index in [0.29, 0.717) is 23.3 Å². The lowest BCUT2D eigenvalue weighted by atomic mass is 10.1. The summed E-state index contributed by atoms with van der Waals surface area (Å²) < 4.78 is 13.3. The number of halogens is 1. The SMILES string of the molecule is Cc1ccc(CNC(=O)CSCCC(N)C(=O)O)cc1F. The maximum absolute atomic E-state index is 13.3. The first-order chi connectivity index (χ1) is 9.90. The first-order valence-corrected chi connectivity index (χ1v) is 7.63. The van der Waals surface area contributed by atoms with Crippen LogP contribution in [0, 0.1) is 12.7 Å². The van der Waals surface area contributed by atoms with Crippen molar-refractivity contribution in [2.75, 3.05) is 11.5 Å². The molecule has 1 atom stereocenters. The monoisotopic (exact) mass is 314 g/mol. The highest BCUT2D eigenvalue weighted by Gasteiger charge is 2.11. The molecule has 0 saturated carbocycles. The van der Waals surface area contributed by atoms with Crippen molar-refractivity contribution in [1.29, 1.82) is 0 Å². The Morgan fingerprint density at radius 1 is 1.48 bits per heavy atom. The summed E-state index contributed by atoms with van der Waals surface area (Å²) in [5, 5.41) is 11.3. The number of carbonyl (C=O) groups excluding carboxylic acids is 1. The summed E-state index contributed by atoms with van der Waals surface area (Å²) in [5.41, 5.74) is 6.61. The summed E-state index contributed by atoms with van der Waals surface area (Å²) in [5.74, 6) is -0.786. The van der Waals surface area contributed by atoms with E-state index in [0.717, 1.165) is 0 Å². The van der Waals surface area contributed by atoms with E-state index in [2.05, 4.69) is 5.32 Å². The van der Waals surface area contributed by atoms with Crippen LogP contribution in [-0.4, -0.2) is 34.5 Å². The van der Waals surface area contributed by atoms with Gasteiger partial charge < -0.3 is 16.2 Å². The molecule has 0 aromatic heterocycles. The fourth-order valence-electron chi connectivity index (χ4n) is 1.50. The minimum absolute atomic E-state index is 0.176. The van der Waals surface area contributed by atoms with Gasteiger partial charge in [0.25, 0.3) is 0 Å². The molecule has 0 aliphatic carbocycles. The number of hydrogen-bond acceptors (Lipinski definition) is 4. The normalized spacial score (nSPS) is 12.0. The van der Waals surface area contributed by atoms with Gasteiger partial charge in [-0.3, -0.25) is 9.59 Å². The predicted molar refractivity (Wildman–Crippen MR) is 80.5 cm³/mol. The number of rotatable bonds is 8. The fraction of sp³-hybridized carbons (Fsp3) is 0.429. The molecule has 0 saturated heterocycles. The molecule has 0 bridgehead atoms. The van der Waals surface area contributed by atoms with E-state index < -0.39 is 12.0 Å². The van der Waals surface area contributed by atoms with Gasteiger partial charge in [0.2, 0.25) is 5.91 Å². The van der Waals surface area contributed by atoms with E-state index >= 15 is 0 Å². The van der Waals surface area contributed by atoms with Gasteiger partial charge in [-0.25, -0.2) is 4.39 Å². The van der Waals surface area contributed by atoms with Crippen molar-refractivity contribution in [3.63, 3.8) is 0 Å². The Balaban J connectivity index is 2.22. The average molecular weight is 314 g/mol. The molecule has 0 radical (unpaired) electrons. The molecule has 0 spiro atoms. The quantitative estimate of drug-likeness (QED) is 0.629. The van der Waals surface area contributed by atoms with Gasteiger partial charge in [-0.2, -0.15) is 11.8 Å². The van der Waals surface area contributed by atoms with E-state index in [4.69, 9.17) is 10.8 Å². The van der Waals surface area contributed by atoms with Crippen LogP contribution in [0.3, 0.4) is 0 Å². The summed E-state index contributed by atoms with van der Waals surface area (Å²) >= 11 is 1.32. The van der Waals surface area contributed by atoms with Crippen LogP contribution in [0.15, 0.2) is 18.2 Å². The second-order valence-corrected chi connectivity index (χ2v) is 5.75. The Kier molecular flexibility index (Phi) is 7.18. The fourth-order valence-corrected chi connectivity index (χ4v) is 2.35. The lowest BCUT2D eigenvalue weighted by Crippen LogP contribution is -2.31. The third kappa shape index (κ3) is 6.59. The number of carboxylic acid groups (broad SMARTS) is 1. The Bertz CT molecular complexity index is 511. The topological polar surface area (TPSA) is 92.4 Å². The van der Waals surface area contributed by atoms with Gasteiger partial charge in [0.05, 0.1) is 5.75 Å². The third-order valence-electron chi connectivity index (χ3n) is 2.85. The highest BCUT2D eigenvalue weighted by atomic mass is 32.2. The van der Waals surface area contributed by atoms with Crippen LogP contribution >= 0.6 is 11.8 Å². The summed E-state index contributed by atoms with van der Waals surface area (Å²) in [6.45, 7) is 1.95. The Morgan fingerprint density at radius 2 is 2.19 bits per heavy atom. The van der Waals surface area contributed by atoms with Gasteiger partial charge in [-0.15, -0.1) is 0 Å². The van der Waals surface area contributed by atoms with E-state index in [-0.39, 0.29) is 24.0 Å². The highest BCUT2D eigenvalue weighted by Crippen LogP contribution is 2.09. The second kappa shape index (κ2) is 8.63. The van der Waals surface area contributed by atoms with Crippen LogP contribution in [0.4, 0.5) is 4.39 Å². The van der Waals surface area contributed by atoms with Crippen LogP contribution < -0.4 is 11.1 Å². The van der Waals surface area contributed by atoms with Crippen molar-refractivity contribution in [2.24, 2.45) is 5.73 Å². The lowest BCUT2D eigenvalue weighted by molar-refractivity contribution is -0.138. The van der Waals surface area contributed by atoms with E-state index in [9.17, 15) is 14.0 Å². The van der Waals surface area contributed by atoms with E-state index in [1.165, 1.54) is 17.8 Å². The summed E-state index contributed by atoms with van der Waals surface area (Å²) in [6.07, 6.45) is 0.316. The molecule has 0 heterocycles. The summed E-state index contributed by atoms with van der Waals surface area (Å²) in [7, 11) is 0. The largest absolute Gasteiger partial charge is 0.480 e. The first-order valence-electron chi connectivity index (χ1n) is 6.48. The number of amides is 1. The van der Waals surface area contributed by atoms with E-state index in [1.807, 2.05) is 0 Å². The number of nitrogens with two attached hydrogens (primary N) is 1. The number of aliphatic carboxylic acids is 1. The number of hydrogen-bond donors (Lipinski definition) is 3. The maximum atomic E-state index is 13.3. The second-order valence-electron chi connectivity index (χ2n) is 4.65. The van der Waals surface area contributed by atoms with Gasteiger partial charge >= 0.3 is 5.97 Å². The van der Waals surface area contributed by atoms with Gasteiger partial charge in [-0.1, -0.05) is 12.1 Å². The zero-order valence-corrected chi connectivity index (χ0v) is 12.6. The molecule has 0 aliphatic heterocycles. The highest BCUT2D eigenvalue weighted by molar-refractivity contribution is 7.99. The minimum Gasteiger partial charge on any atom is -0.480 e. The third-order valence-corrected chi connectivity index (χ3v) is 3.84. The molecular weight excluding hydrogens is 295 g/mol. The Labute approximate surface area is 127 Å². The number of aryl methyl sites for hydroxylation is 1. The van der Waals surface area contributed by atoms with Crippen molar-refractivity contribution in [3.05, 3.63) is 35.1 Å². The van der Waals surface area contributed by atoms with Gasteiger partial charge in [-0.05, 0) is 36.3 Å². The standard InChI is InChI=1S/C14H19FN2O3S/c1-9-2-3-10(6-11(9)15)7-17-13(18)8-21-5-4-12(16)14(19)20/h2-3,6,12H,4-5,7-8,16H2,1H3,(H,17,18)(H,19,20). The maximum Gasteiger partial charge on any atom is 0.320 e. The molecular formula is C14H19FN2O3S. The number of benzene rings is 1. The molecule has 7 heteroatoms. The minimum atomic E-state index is -1.04. The van der Waals surface area contributed by atoms with Crippen molar-refractivity contribution < 1.29 is 19.1 Å². The smallest absolute Gasteiger partial charge is 0.320 e. The van der Waals surface area contributed by atoms with Crippen molar-refractivity contribution >= 4 is 23.6 Å². The molecule has 1 rings (SSSR count). The molecule has 4 N–H and O–H groups in total. The van der Waals surface area contributed by atoms with Crippen LogP contribution in [0.1, 0.15) is 17.5 Å². The zero-order valence-electron chi connectivity index (χ0n) is 11.8. The predicted octanol–water partition coefficient (Wildman–Crippen LogP) is 1.29. The molecule has 21 heavy (non-hydrogen) atoms. The van der Waals surface area contributed by atoms with Crippen LogP contribution in [0.2, 0.25) is 0 Å². The molecule has 116 valence electrons. The summed E-state index contributed by atoms with van der Waals surface area (Å²) in [6, 6.07) is 3.93. The average Bonchev–Trinajstić information content (AvgIpc) is 2.44. The summed E-state index contributed by atoms with van der Waals surface area (Å²) in [4.78, 5) is 22.1. The first kappa shape index (κ1) is 17.5. The number of carbonyl (C=O) groups is 2. The molecule has 1 aromatic rings.